The fourth-order valence-electron chi connectivity index (χ4n) is 6.93. The van der Waals surface area contributed by atoms with E-state index in [1.807, 2.05) is 54.6 Å². The number of hydrogen-bond acceptors (Lipinski definition) is 7. The number of ether oxygens (including phenoxy) is 3. The molecule has 3 aromatic carbocycles. The summed E-state index contributed by atoms with van der Waals surface area (Å²) in [6.45, 7) is 11.6. The van der Waals surface area contributed by atoms with Crippen molar-refractivity contribution in [2.45, 2.75) is 108 Å². The molecule has 3 aliphatic heterocycles. The first kappa shape index (κ1) is 36.6. The number of carbonyl (C=O) groups excluding carboxylic acids is 2. The first-order valence-electron chi connectivity index (χ1n) is 17.6. The molecule has 3 fully saturated rings. The number of hydrogen-bond donors (Lipinski definition) is 2. The zero-order chi connectivity index (χ0) is 35.8. The number of methoxy groups -OCH3 is 1. The summed E-state index contributed by atoms with van der Waals surface area (Å²) in [5.41, 5.74) is 5.28. The highest BCUT2D eigenvalue weighted by atomic mass is 79.9. The van der Waals surface area contributed by atoms with Crippen molar-refractivity contribution in [1.29, 1.82) is 0 Å². The summed E-state index contributed by atoms with van der Waals surface area (Å²) in [4.78, 5) is 28.5. The van der Waals surface area contributed by atoms with Crippen molar-refractivity contribution in [2.75, 3.05) is 24.8 Å². The summed E-state index contributed by atoms with van der Waals surface area (Å²) in [5, 5.41) is 6.16. The van der Waals surface area contributed by atoms with E-state index in [9.17, 15) is 9.59 Å². The van der Waals surface area contributed by atoms with Gasteiger partial charge >= 0.3 is 6.09 Å². The molecule has 0 aromatic heterocycles. The van der Waals surface area contributed by atoms with Gasteiger partial charge in [0.1, 0.15) is 24.1 Å². The van der Waals surface area contributed by atoms with Crippen LogP contribution >= 0.6 is 15.9 Å². The van der Waals surface area contributed by atoms with Crippen molar-refractivity contribution in [3.63, 3.8) is 0 Å². The van der Waals surface area contributed by atoms with Crippen LogP contribution in [0.3, 0.4) is 0 Å². The Hall–Kier alpha value is -3.22. The third kappa shape index (κ3) is 8.12. The molecule has 3 heterocycles. The minimum Gasteiger partial charge on any atom is -0.496 e. The molecule has 5 atom stereocenters. The van der Waals surface area contributed by atoms with E-state index in [1.165, 1.54) is 0 Å². The molecule has 2 bridgehead atoms. The van der Waals surface area contributed by atoms with E-state index >= 15 is 0 Å². The number of carbonyl (C=O) groups is 2. The highest BCUT2D eigenvalue weighted by molar-refractivity contribution is 9.10. The van der Waals surface area contributed by atoms with Gasteiger partial charge in [-0.3, -0.25) is 15.0 Å². The monoisotopic (exact) mass is 763 g/mol. The number of nitrogens with zero attached hydrogens (tertiary/aromatic N) is 1. The zero-order valence-electron chi connectivity index (χ0n) is 30.2. The second-order valence-electron chi connectivity index (χ2n) is 15.3. The number of aryl methyl sites for hydroxylation is 1. The van der Waals surface area contributed by atoms with Gasteiger partial charge in [-0.1, -0.05) is 57.2 Å². The van der Waals surface area contributed by atoms with E-state index in [4.69, 9.17) is 18.6 Å². The van der Waals surface area contributed by atoms with Crippen LogP contribution < -0.4 is 15.4 Å². The standard InChI is InChI=1S/C39H50BrN3O6Si/c1-39(2,3)50(6,7)47-23-26-19-29(40)31(22-34(26)46-5)41-35(44)15-11-12-24-16-17-30(28(18-24)25-13-9-8-10-14-25)42-38(45)48-27-20-32-36-37(49-36)33(21-27)43(32)4/h8-10,13-14,16-19,22,27,32-33,36-37H,11-12,15,20-21,23H2,1-7H3,(H,41,44)(H,42,45)/t27-,32-,33+,36-,37+. The second kappa shape index (κ2) is 14.8. The number of benzene rings is 3. The Morgan fingerprint density at radius 1 is 0.980 bits per heavy atom. The molecular weight excluding hydrogens is 714 g/mol. The lowest BCUT2D eigenvalue weighted by atomic mass is 9.98. The predicted octanol–water partition coefficient (Wildman–Crippen LogP) is 8.77. The Labute approximate surface area is 305 Å². The number of amides is 2. The van der Waals surface area contributed by atoms with Crippen molar-refractivity contribution in [2.24, 2.45) is 0 Å². The summed E-state index contributed by atoms with van der Waals surface area (Å²) < 4.78 is 24.6. The fraction of sp³-hybridized carbons (Fsp3) is 0.487. The number of morpholine rings is 1. The van der Waals surface area contributed by atoms with Gasteiger partial charge in [0.2, 0.25) is 5.91 Å². The molecule has 2 N–H and O–H groups in total. The molecule has 0 spiro atoms. The smallest absolute Gasteiger partial charge is 0.411 e. The van der Waals surface area contributed by atoms with E-state index in [2.05, 4.69) is 78.4 Å². The van der Waals surface area contributed by atoms with Gasteiger partial charge in [-0.15, -0.1) is 0 Å². The number of nitrogens with one attached hydrogen (secondary N) is 2. The summed E-state index contributed by atoms with van der Waals surface area (Å²) >= 11 is 3.64. The van der Waals surface area contributed by atoms with E-state index < -0.39 is 14.4 Å². The van der Waals surface area contributed by atoms with Crippen LogP contribution in [0.25, 0.3) is 11.1 Å². The molecule has 2 amide bonds. The highest BCUT2D eigenvalue weighted by Crippen LogP contribution is 2.48. The second-order valence-corrected chi connectivity index (χ2v) is 21.0. The summed E-state index contributed by atoms with van der Waals surface area (Å²) in [6, 6.07) is 20.5. The number of halogens is 1. The van der Waals surface area contributed by atoms with Gasteiger partial charge in [0, 0.05) is 53.0 Å². The number of fused-ring (bicyclic) bond motifs is 5. The number of likely N-dealkylation sites (N-methyl/N-ethyl adjacent to an activating group) is 1. The predicted molar refractivity (Wildman–Crippen MR) is 203 cm³/mol. The maximum atomic E-state index is 13.1. The van der Waals surface area contributed by atoms with Crippen molar-refractivity contribution < 1.29 is 28.2 Å². The van der Waals surface area contributed by atoms with E-state index in [-0.39, 0.29) is 17.0 Å². The summed E-state index contributed by atoms with van der Waals surface area (Å²) in [6.07, 6.45) is 3.33. The maximum absolute atomic E-state index is 13.1. The van der Waals surface area contributed by atoms with Crippen LogP contribution in [0.5, 0.6) is 5.75 Å². The Bertz CT molecular complexity index is 1700. The SMILES string of the molecule is COc1cc(NC(=O)CCCc2ccc(NC(=O)O[C@@H]3C[C@@H]4[C@H]5O[C@H]5[C@H](C3)N4C)c(-c3ccccc3)c2)c(Br)cc1CO[Si](C)(C)C(C)(C)C. The number of epoxide rings is 1. The lowest BCUT2D eigenvalue weighted by molar-refractivity contribution is -0.116. The Morgan fingerprint density at radius 3 is 2.34 bits per heavy atom. The van der Waals surface area contributed by atoms with Crippen molar-refractivity contribution in [3.05, 3.63) is 76.3 Å². The molecule has 11 heteroatoms. The molecule has 268 valence electrons. The van der Waals surface area contributed by atoms with Crippen LogP contribution in [0.1, 0.15) is 57.6 Å². The Kier molecular flexibility index (Phi) is 10.8. The highest BCUT2D eigenvalue weighted by Gasteiger charge is 2.62. The minimum atomic E-state index is -1.94. The maximum Gasteiger partial charge on any atom is 0.411 e. The van der Waals surface area contributed by atoms with Crippen LogP contribution in [-0.2, 0) is 31.7 Å². The molecule has 0 unspecified atom stereocenters. The lowest BCUT2D eigenvalue weighted by Crippen LogP contribution is -2.48. The number of piperidine rings is 1. The molecular formula is C39H50BrN3O6Si. The molecule has 3 aliphatic rings. The molecule has 3 aromatic rings. The van der Waals surface area contributed by atoms with E-state index in [0.717, 1.165) is 39.6 Å². The van der Waals surface area contributed by atoms with E-state index in [0.29, 0.717) is 67.3 Å². The molecule has 6 rings (SSSR count). The summed E-state index contributed by atoms with van der Waals surface area (Å²) in [5.74, 6) is 0.603. The third-order valence-electron chi connectivity index (χ3n) is 11.0. The zero-order valence-corrected chi connectivity index (χ0v) is 32.8. The average Bonchev–Trinajstić information content (AvgIpc) is 3.84. The van der Waals surface area contributed by atoms with Gasteiger partial charge in [0.25, 0.3) is 0 Å². The van der Waals surface area contributed by atoms with Crippen molar-refractivity contribution in [3.8, 4) is 16.9 Å². The van der Waals surface area contributed by atoms with Gasteiger partial charge < -0.3 is 24.0 Å². The normalized spacial score (nSPS) is 22.8. The Balaban J connectivity index is 1.05. The molecule has 0 aliphatic carbocycles. The van der Waals surface area contributed by atoms with Gasteiger partial charge in [0.15, 0.2) is 8.32 Å². The fourth-order valence-corrected chi connectivity index (χ4v) is 8.37. The first-order valence-corrected chi connectivity index (χ1v) is 21.3. The van der Waals surface area contributed by atoms with Crippen LogP contribution in [0.15, 0.2) is 65.1 Å². The molecule has 0 saturated carbocycles. The largest absolute Gasteiger partial charge is 0.496 e. The topological polar surface area (TPSA) is 102 Å². The van der Waals surface area contributed by atoms with Gasteiger partial charge in [-0.25, -0.2) is 4.79 Å². The van der Waals surface area contributed by atoms with Crippen LogP contribution in [-0.4, -0.2) is 69.8 Å². The van der Waals surface area contributed by atoms with Gasteiger partial charge in [-0.05, 0) is 83.3 Å². The van der Waals surface area contributed by atoms with Gasteiger partial charge in [-0.2, -0.15) is 0 Å². The Morgan fingerprint density at radius 2 is 1.68 bits per heavy atom. The van der Waals surface area contributed by atoms with Crippen LogP contribution in [0.2, 0.25) is 18.1 Å². The van der Waals surface area contributed by atoms with Crippen molar-refractivity contribution in [1.82, 2.24) is 4.90 Å². The van der Waals surface area contributed by atoms with Crippen LogP contribution in [0.4, 0.5) is 16.2 Å². The minimum absolute atomic E-state index is 0.0754. The number of anilines is 2. The first-order chi connectivity index (χ1) is 23.7. The average molecular weight is 765 g/mol. The van der Waals surface area contributed by atoms with E-state index in [1.54, 1.807) is 7.11 Å². The number of rotatable bonds is 12. The van der Waals surface area contributed by atoms with Crippen LogP contribution in [0, 0.1) is 0 Å². The molecule has 50 heavy (non-hydrogen) atoms. The third-order valence-corrected chi connectivity index (χ3v) is 16.1. The molecule has 9 nitrogen and oxygen atoms in total. The molecule has 0 radical (unpaired) electrons. The van der Waals surface area contributed by atoms with Gasteiger partial charge in [0.05, 0.1) is 25.1 Å². The molecule has 3 saturated heterocycles. The quantitative estimate of drug-likeness (QED) is 0.141. The van der Waals surface area contributed by atoms with Crippen molar-refractivity contribution >= 4 is 47.6 Å². The summed E-state index contributed by atoms with van der Waals surface area (Å²) in [7, 11) is 1.84. The lowest BCUT2D eigenvalue weighted by Gasteiger charge is -2.37.